The lowest BCUT2D eigenvalue weighted by atomic mass is 9.32. The lowest BCUT2D eigenvalue weighted by Gasteiger charge is -2.70. The molecule has 68 heavy (non-hydrogen) atoms. The number of ether oxygens (including phenoxy) is 4. The predicted octanol–water partition coefficient (Wildman–Crippen LogP) is 7.25. The highest BCUT2D eigenvalue weighted by molar-refractivity contribution is 5.93. The Morgan fingerprint density at radius 2 is 1.74 bits per heavy atom. The van der Waals surface area contributed by atoms with Crippen LogP contribution < -0.4 is 5.32 Å². The van der Waals surface area contributed by atoms with E-state index in [0.717, 1.165) is 83.0 Å². The number of aliphatic hydroxyl groups excluding tert-OH is 2. The van der Waals surface area contributed by atoms with Crippen LogP contribution in [0.1, 0.15) is 127 Å². The minimum absolute atomic E-state index is 0.0275. The predicted molar refractivity (Wildman–Crippen MR) is 248 cm³/mol. The van der Waals surface area contributed by atoms with Gasteiger partial charge in [-0.25, -0.2) is 4.79 Å². The van der Waals surface area contributed by atoms with Gasteiger partial charge in [-0.05, 0) is 137 Å². The molecular formula is C56H72N2O10. The fourth-order valence-corrected chi connectivity index (χ4v) is 19.1. The van der Waals surface area contributed by atoms with Crippen LogP contribution >= 0.6 is 0 Å². The maximum atomic E-state index is 16.0. The fourth-order valence-electron chi connectivity index (χ4n) is 19.1. The molecule has 366 valence electrons. The van der Waals surface area contributed by atoms with Gasteiger partial charge in [0.1, 0.15) is 30.2 Å². The third-order valence-electron chi connectivity index (χ3n) is 21.6. The van der Waals surface area contributed by atoms with Gasteiger partial charge in [0.05, 0.1) is 36.0 Å². The highest BCUT2D eigenvalue weighted by atomic mass is 16.7. The molecule has 0 bridgehead atoms. The lowest BCUT2D eigenvalue weighted by molar-refractivity contribution is -0.285. The molecule has 1 aromatic carbocycles. The molecule has 5 aliphatic carbocycles. The van der Waals surface area contributed by atoms with Crippen molar-refractivity contribution in [3.8, 4) is 0 Å². The van der Waals surface area contributed by atoms with Crippen molar-refractivity contribution in [2.24, 2.45) is 69.0 Å². The number of rotatable bonds is 8. The number of hydrogen-bond donors (Lipinski definition) is 3. The van der Waals surface area contributed by atoms with E-state index in [9.17, 15) is 19.8 Å². The maximum Gasteiger partial charge on any atom is 0.339 e. The van der Waals surface area contributed by atoms with Gasteiger partial charge >= 0.3 is 11.9 Å². The van der Waals surface area contributed by atoms with Crippen LogP contribution in [-0.4, -0.2) is 94.8 Å². The number of nitrogens with one attached hydrogen (secondary N) is 1. The molecule has 17 atom stereocenters. The largest absolute Gasteiger partial charge is 0.469 e. The monoisotopic (exact) mass is 933 g/mol. The van der Waals surface area contributed by atoms with E-state index < -0.39 is 69.2 Å². The normalized spacial score (nSPS) is 46.3. The maximum absolute atomic E-state index is 16.0. The summed E-state index contributed by atoms with van der Waals surface area (Å²) in [6.07, 6.45) is 14.9. The van der Waals surface area contributed by atoms with Gasteiger partial charge in [-0.2, -0.15) is 0 Å². The summed E-state index contributed by atoms with van der Waals surface area (Å²) in [5.74, 6) is 0.151. The lowest BCUT2D eigenvalue weighted by Crippen LogP contribution is -2.80. The van der Waals surface area contributed by atoms with Crippen LogP contribution in [0.15, 0.2) is 59.4 Å². The van der Waals surface area contributed by atoms with E-state index in [4.69, 9.17) is 23.4 Å². The highest BCUT2D eigenvalue weighted by Gasteiger charge is 2.93. The van der Waals surface area contributed by atoms with Crippen molar-refractivity contribution >= 4 is 17.7 Å². The number of nitrogens with zero attached hydrogens (tertiary/aromatic N) is 1. The summed E-state index contributed by atoms with van der Waals surface area (Å²) < 4.78 is 34.1. The second kappa shape index (κ2) is 15.5. The number of carbonyl (C=O) groups excluding carboxylic acids is 3. The molecule has 7 heterocycles. The summed E-state index contributed by atoms with van der Waals surface area (Å²) in [6.45, 7) is 8.15. The van der Waals surface area contributed by atoms with E-state index in [1.165, 1.54) is 5.56 Å². The van der Waals surface area contributed by atoms with Gasteiger partial charge in [0.15, 0.2) is 11.9 Å². The molecule has 3 spiro atoms. The molecule has 11 aliphatic rings. The number of aliphatic hydroxyl groups is 2. The molecule has 3 N–H and O–H groups in total. The molecule has 17 unspecified atom stereocenters. The summed E-state index contributed by atoms with van der Waals surface area (Å²) in [6, 6.07) is 13.1. The molecule has 0 amide bonds. The van der Waals surface area contributed by atoms with E-state index in [-0.39, 0.29) is 48.6 Å². The van der Waals surface area contributed by atoms with Crippen molar-refractivity contribution in [3.05, 3.63) is 71.8 Å². The van der Waals surface area contributed by atoms with Gasteiger partial charge in [0.25, 0.3) is 0 Å². The Balaban J connectivity index is 0.912. The van der Waals surface area contributed by atoms with Crippen LogP contribution in [0.3, 0.4) is 0 Å². The van der Waals surface area contributed by atoms with Crippen molar-refractivity contribution in [3.63, 3.8) is 0 Å². The van der Waals surface area contributed by atoms with Gasteiger partial charge in [0, 0.05) is 47.4 Å². The summed E-state index contributed by atoms with van der Waals surface area (Å²) in [7, 11) is 0. The number of carbonyl (C=O) groups is 3. The smallest absolute Gasteiger partial charge is 0.339 e. The van der Waals surface area contributed by atoms with Crippen LogP contribution in [-0.2, 0) is 46.2 Å². The van der Waals surface area contributed by atoms with E-state index >= 15 is 4.79 Å². The van der Waals surface area contributed by atoms with Crippen LogP contribution in [0.5, 0.6) is 0 Å². The molecule has 2 aromatic rings. The summed E-state index contributed by atoms with van der Waals surface area (Å²) in [4.78, 5) is 47.7. The first-order valence-electron chi connectivity index (χ1n) is 26.6. The molecule has 10 fully saturated rings. The molecule has 1 aromatic heterocycles. The average molecular weight is 933 g/mol. The Morgan fingerprint density at radius 3 is 2.54 bits per heavy atom. The first kappa shape index (κ1) is 44.4. The number of Topliss-reactive ketones (excluding diaryl/α,β-unsaturated/α-hetero) is 1. The second-order valence-electron chi connectivity index (χ2n) is 24.7. The summed E-state index contributed by atoms with van der Waals surface area (Å²) >= 11 is 0. The van der Waals surface area contributed by atoms with E-state index in [1.54, 1.807) is 6.26 Å². The van der Waals surface area contributed by atoms with Crippen LogP contribution in [0.25, 0.3) is 0 Å². The number of benzene rings is 1. The third-order valence-corrected chi connectivity index (χ3v) is 21.6. The number of cyclic esters (lactones) is 2. The van der Waals surface area contributed by atoms with Crippen LogP contribution in [0.4, 0.5) is 0 Å². The molecule has 0 radical (unpaired) electrons. The van der Waals surface area contributed by atoms with E-state index in [0.29, 0.717) is 61.7 Å². The first-order chi connectivity index (χ1) is 32.8. The minimum atomic E-state index is -1.45. The van der Waals surface area contributed by atoms with Crippen molar-refractivity contribution in [1.29, 1.82) is 0 Å². The summed E-state index contributed by atoms with van der Waals surface area (Å²) in [5, 5.41) is 28.4. The van der Waals surface area contributed by atoms with E-state index in [1.807, 2.05) is 26.0 Å². The van der Waals surface area contributed by atoms with Gasteiger partial charge in [-0.3, -0.25) is 14.9 Å². The Morgan fingerprint density at radius 1 is 0.912 bits per heavy atom. The molecule has 6 aliphatic heterocycles. The summed E-state index contributed by atoms with van der Waals surface area (Å²) in [5.41, 5.74) is -4.08. The molecule has 12 heteroatoms. The van der Waals surface area contributed by atoms with E-state index in [2.05, 4.69) is 53.7 Å². The van der Waals surface area contributed by atoms with Crippen molar-refractivity contribution in [2.75, 3.05) is 26.4 Å². The minimum Gasteiger partial charge on any atom is -0.469 e. The Labute approximate surface area is 400 Å². The van der Waals surface area contributed by atoms with Gasteiger partial charge in [-0.15, -0.1) is 0 Å². The Kier molecular flexibility index (Phi) is 10.1. The van der Waals surface area contributed by atoms with Crippen molar-refractivity contribution < 1.29 is 48.0 Å². The zero-order valence-electron chi connectivity index (χ0n) is 40.2. The standard InChI is InChI=1S/C56H72N2O10/c1-51(2)44-43(60)45(61)55(37-13-9-12-33(25-37)24-32-10-5-4-6-11-32)42(54(44)30-65-50(63)53(49(54)68-51)19-7-8-20-53)16-21-52(3)46(66-48(62)47-56(52,55)67-47)39-18-23-64-41(39)27-36(29-59)34-14-15-38-35(26-34)17-22-58-31-57-28-40(38)58/h4-6,10-11,17-18,22-23,33-38,40,42,44-47,49,57,59,61H,7-9,12-16,19-21,24-31H2,1-3H3. The van der Waals surface area contributed by atoms with Gasteiger partial charge < -0.3 is 38.5 Å². The topological polar surface area (TPSA) is 160 Å². The Bertz CT molecular complexity index is 2380. The number of epoxide rings is 1. The zero-order valence-corrected chi connectivity index (χ0v) is 40.2. The van der Waals surface area contributed by atoms with Crippen molar-refractivity contribution in [2.45, 2.75) is 159 Å². The number of esters is 2. The highest BCUT2D eigenvalue weighted by Crippen LogP contribution is 2.83. The molecule has 12 nitrogen and oxygen atoms in total. The number of allylic oxidation sites excluding steroid dienone is 1. The molecular weight excluding hydrogens is 861 g/mol. The third kappa shape index (κ3) is 5.70. The molecule has 13 rings (SSSR count). The molecule has 5 saturated heterocycles. The number of hydrogen-bond acceptors (Lipinski definition) is 12. The zero-order chi connectivity index (χ0) is 46.6. The molecule has 5 saturated carbocycles. The second-order valence-corrected chi connectivity index (χ2v) is 24.7. The number of fused-ring (bicyclic) bond motifs is 5. The van der Waals surface area contributed by atoms with Gasteiger partial charge in [0.2, 0.25) is 0 Å². The van der Waals surface area contributed by atoms with Crippen LogP contribution in [0.2, 0.25) is 0 Å². The van der Waals surface area contributed by atoms with Crippen molar-refractivity contribution in [1.82, 2.24) is 10.2 Å². The number of ketones is 1. The van der Waals surface area contributed by atoms with Gasteiger partial charge in [-0.1, -0.05) is 69.0 Å². The Hall–Kier alpha value is -3.55. The number of furan rings is 1. The fraction of sp³-hybridized carbons (Fsp3) is 0.732. The quantitative estimate of drug-likeness (QED) is 0.180. The van der Waals surface area contributed by atoms with Crippen LogP contribution in [0, 0.1) is 69.0 Å². The first-order valence-corrected chi connectivity index (χ1v) is 26.6. The average Bonchev–Trinajstić information content (AvgIpc) is 3.78. The SMILES string of the molecule is CC1(C)OC2C3(CCCC3)C(=O)OCC23C1C(=O)C(O)C1(C2CCCC(Cc4ccccc4)C2)C3CCC2(C)C(c3ccoc3CC(CO)C3CCC4C(C=CN5CNCC45)C3)OC(=O)C3OC321.